The summed E-state index contributed by atoms with van der Waals surface area (Å²) in [6.45, 7) is 0. The van der Waals surface area contributed by atoms with E-state index in [1.807, 2.05) is 0 Å². The lowest BCUT2D eigenvalue weighted by Crippen LogP contribution is -2.27. The number of nitrogens with zero attached hydrogens (tertiary/aromatic N) is 3. The Kier molecular flexibility index (Phi) is 1.38. The van der Waals surface area contributed by atoms with Gasteiger partial charge >= 0.3 is 11.4 Å². The molecule has 0 amide bonds. The number of hydrogen-bond acceptors (Lipinski definition) is 2. The molecule has 0 atom stereocenters. The molecular weight excluding hydrogens is 130 g/mol. The highest BCUT2D eigenvalue weighted by atomic mass is 16.2. The predicted molar refractivity (Wildman–Crippen MR) is 44.8 cm³/mol. The Balaban J connectivity index is 3.77. The van der Waals surface area contributed by atoms with Gasteiger partial charge in [-0.1, -0.05) is 0 Å². The maximum atomic E-state index is 10.9. The maximum Gasteiger partial charge on any atom is 0.319 e. The van der Waals surface area contributed by atoms with Crippen molar-refractivity contribution in [2.45, 2.75) is 0 Å². The third-order valence-corrected chi connectivity index (χ3v) is 1.58. The lowest BCUT2D eigenvalue weighted by Gasteiger charge is -1.92. The van der Waals surface area contributed by atoms with Crippen LogP contribution in [0.3, 0.4) is 0 Å². The molecule has 0 aliphatic carbocycles. The molecule has 1 rings (SSSR count). The van der Waals surface area contributed by atoms with Gasteiger partial charge in [-0.2, -0.15) is 0 Å². The van der Waals surface area contributed by atoms with E-state index in [1.165, 1.54) is 17.2 Å². The Hall–Kier alpha value is -1.07. The molecule has 0 spiro atoms. The summed E-state index contributed by atoms with van der Waals surface area (Å²) >= 11 is 0. The molecule has 1 heterocycles. The molecule has 0 aromatic carbocycles. The molecule has 10 heavy (non-hydrogen) atoms. The van der Waals surface area contributed by atoms with E-state index >= 15 is 0 Å². The Bertz CT molecular complexity index is 325. The fraction of sp³-hybridized carbons (Fsp3) is 0. The van der Waals surface area contributed by atoms with Crippen LogP contribution in [0.2, 0.25) is 0 Å². The standard InChI is InChI=1S/C2H6B3N3O2/c3-6-1(9)7(4)8(5)2(6)10/h3-5H2. The summed E-state index contributed by atoms with van der Waals surface area (Å²) in [6.07, 6.45) is 0. The van der Waals surface area contributed by atoms with Crippen molar-refractivity contribution in [3.05, 3.63) is 21.0 Å². The zero-order valence-electron chi connectivity index (χ0n) is 6.16. The second kappa shape index (κ2) is 1.97. The van der Waals surface area contributed by atoms with Crippen molar-refractivity contribution in [3.63, 3.8) is 0 Å². The van der Waals surface area contributed by atoms with Crippen LogP contribution < -0.4 is 11.4 Å². The predicted octanol–water partition coefficient (Wildman–Crippen LogP) is -5.00. The monoisotopic (exact) mass is 137 g/mol. The van der Waals surface area contributed by atoms with Crippen LogP contribution in [0.5, 0.6) is 0 Å². The maximum absolute atomic E-state index is 10.9. The topological polar surface area (TPSA) is 48.9 Å². The van der Waals surface area contributed by atoms with Crippen LogP contribution in [0.1, 0.15) is 0 Å². The Labute approximate surface area is 59.5 Å². The minimum Gasteiger partial charge on any atom is -0.302 e. The first-order chi connectivity index (χ1) is 4.55. The molecule has 0 aliphatic rings. The van der Waals surface area contributed by atoms with Crippen molar-refractivity contribution in [2.24, 2.45) is 0 Å². The fourth-order valence-corrected chi connectivity index (χ4v) is 0.773. The van der Waals surface area contributed by atoms with Crippen molar-refractivity contribution < 1.29 is 0 Å². The summed E-state index contributed by atoms with van der Waals surface area (Å²) in [4.78, 5) is 21.8. The normalized spacial score (nSPS) is 10.0. The summed E-state index contributed by atoms with van der Waals surface area (Å²) in [7, 11) is 4.54. The van der Waals surface area contributed by atoms with Gasteiger partial charge in [0.2, 0.25) is 7.98 Å². The first kappa shape index (κ1) is 7.05. The zero-order valence-corrected chi connectivity index (χ0v) is 6.16. The first-order valence-electron chi connectivity index (χ1n) is 2.84. The smallest absolute Gasteiger partial charge is 0.302 e. The molecule has 5 nitrogen and oxygen atoms in total. The summed E-state index contributed by atoms with van der Waals surface area (Å²) in [5.41, 5.74) is -0.597. The van der Waals surface area contributed by atoms with Gasteiger partial charge in [0.25, 0.3) is 16.0 Å². The minimum atomic E-state index is -0.299. The van der Waals surface area contributed by atoms with Crippen LogP contribution in [0.15, 0.2) is 9.59 Å². The van der Waals surface area contributed by atoms with Crippen LogP contribution in [0, 0.1) is 0 Å². The molecule has 8 heteroatoms. The zero-order chi connectivity index (χ0) is 7.89. The Morgan fingerprint density at radius 2 is 1.20 bits per heavy atom. The van der Waals surface area contributed by atoms with E-state index < -0.39 is 0 Å². The minimum absolute atomic E-state index is 0.299. The van der Waals surface area contributed by atoms with Crippen LogP contribution in [0.4, 0.5) is 0 Å². The summed E-state index contributed by atoms with van der Waals surface area (Å²) in [6, 6.07) is 0. The highest BCUT2D eigenvalue weighted by molar-refractivity contribution is 6.13. The van der Waals surface area contributed by atoms with E-state index in [-0.39, 0.29) is 11.4 Å². The third kappa shape index (κ3) is 0.681. The second-order valence-electron chi connectivity index (χ2n) is 2.17. The highest BCUT2D eigenvalue weighted by Gasteiger charge is 2.02. The van der Waals surface area contributed by atoms with Gasteiger partial charge in [-0.25, -0.2) is 9.59 Å². The molecule has 1 aromatic rings. The fourth-order valence-electron chi connectivity index (χ4n) is 0.773. The van der Waals surface area contributed by atoms with Crippen LogP contribution in [-0.4, -0.2) is 37.6 Å². The Morgan fingerprint density at radius 3 is 1.30 bits per heavy atom. The van der Waals surface area contributed by atoms with Gasteiger partial charge in [0.05, 0.1) is 0 Å². The van der Waals surface area contributed by atoms with E-state index in [0.29, 0.717) is 0 Å². The quantitative estimate of drug-likeness (QED) is 0.336. The molecule has 0 saturated carbocycles. The first-order valence-corrected chi connectivity index (χ1v) is 2.84. The molecule has 0 unspecified atom stereocenters. The summed E-state index contributed by atoms with van der Waals surface area (Å²) in [5.74, 6) is 0. The van der Waals surface area contributed by atoms with Gasteiger partial charge in [-0.3, -0.25) is 0 Å². The lowest BCUT2D eigenvalue weighted by atomic mass is 10.4. The van der Waals surface area contributed by atoms with E-state index in [2.05, 4.69) is 0 Å². The van der Waals surface area contributed by atoms with Gasteiger partial charge in [-0.15, -0.1) is 0 Å². The average molecular weight is 137 g/mol. The molecule has 0 saturated heterocycles. The van der Waals surface area contributed by atoms with Crippen molar-refractivity contribution >= 4 is 23.9 Å². The van der Waals surface area contributed by atoms with Crippen molar-refractivity contribution in [1.29, 1.82) is 0 Å². The van der Waals surface area contributed by atoms with E-state index in [9.17, 15) is 9.59 Å². The van der Waals surface area contributed by atoms with Gasteiger partial charge in [-0.05, 0) is 0 Å². The van der Waals surface area contributed by atoms with Crippen LogP contribution in [-0.2, 0) is 0 Å². The SMILES string of the molecule is Bn1c(=O)n(B)n(B)c1=O. The van der Waals surface area contributed by atoms with Crippen molar-refractivity contribution in [3.8, 4) is 0 Å². The van der Waals surface area contributed by atoms with Gasteiger partial charge in [0, 0.05) is 0 Å². The summed E-state index contributed by atoms with van der Waals surface area (Å²) in [5, 5.41) is 0. The number of aromatic nitrogens is 3. The number of hydrogen-bond donors (Lipinski definition) is 0. The van der Waals surface area contributed by atoms with Gasteiger partial charge in [0.1, 0.15) is 0 Å². The van der Waals surface area contributed by atoms with Gasteiger partial charge in [0.15, 0.2) is 0 Å². The second-order valence-corrected chi connectivity index (χ2v) is 2.17. The molecule has 1 aromatic heterocycles. The third-order valence-electron chi connectivity index (χ3n) is 1.58. The summed E-state index contributed by atoms with van der Waals surface area (Å²) < 4.78 is 3.56. The van der Waals surface area contributed by atoms with Crippen molar-refractivity contribution in [1.82, 2.24) is 13.7 Å². The largest absolute Gasteiger partial charge is 0.319 e. The van der Waals surface area contributed by atoms with E-state index in [1.54, 1.807) is 16.0 Å². The highest BCUT2D eigenvalue weighted by Crippen LogP contribution is 1.60. The molecule has 0 N–H and O–H groups in total. The van der Waals surface area contributed by atoms with Crippen LogP contribution in [0.25, 0.3) is 0 Å². The van der Waals surface area contributed by atoms with E-state index in [4.69, 9.17) is 0 Å². The van der Waals surface area contributed by atoms with Crippen molar-refractivity contribution in [2.75, 3.05) is 0 Å². The molecule has 0 bridgehead atoms. The molecule has 0 fully saturated rings. The van der Waals surface area contributed by atoms with E-state index in [0.717, 1.165) is 4.48 Å². The number of rotatable bonds is 0. The molecule has 0 radical (unpaired) electrons. The Morgan fingerprint density at radius 1 is 0.900 bits per heavy atom. The molecule has 50 valence electrons. The average Bonchev–Trinajstić information content (AvgIpc) is 2.07. The lowest BCUT2D eigenvalue weighted by molar-refractivity contribution is 0.858. The molecular formula is C2H6B3N3O2. The molecule has 0 aliphatic heterocycles. The van der Waals surface area contributed by atoms with Gasteiger partial charge < -0.3 is 13.7 Å². The van der Waals surface area contributed by atoms with Crippen LogP contribution >= 0.6 is 0 Å².